The molecule has 2 saturated carbocycles. The van der Waals surface area contributed by atoms with Crippen LogP contribution in [0.2, 0.25) is 0 Å². The highest BCUT2D eigenvalue weighted by molar-refractivity contribution is 5.74. The van der Waals surface area contributed by atoms with Gasteiger partial charge in [-0.2, -0.15) is 0 Å². The first-order valence-corrected chi connectivity index (χ1v) is 7.59. The molecule has 2 amide bonds. The lowest BCUT2D eigenvalue weighted by Crippen LogP contribution is -2.44. The predicted molar refractivity (Wildman–Crippen MR) is 75.5 cm³/mol. The second-order valence-corrected chi connectivity index (χ2v) is 6.23. The number of fused-ring (bicyclic) bond motifs is 2. The van der Waals surface area contributed by atoms with E-state index in [1.54, 1.807) is 0 Å². The zero-order valence-electron chi connectivity index (χ0n) is 12.2. The Bertz CT molecular complexity index is 478. The van der Waals surface area contributed by atoms with Gasteiger partial charge in [0.05, 0.1) is 5.69 Å². The van der Waals surface area contributed by atoms with Crippen molar-refractivity contribution in [1.29, 1.82) is 0 Å². The van der Waals surface area contributed by atoms with Crippen LogP contribution in [-0.2, 0) is 6.42 Å². The van der Waals surface area contributed by atoms with Gasteiger partial charge in [-0.15, -0.1) is 0 Å². The fourth-order valence-corrected chi connectivity index (χ4v) is 3.80. The van der Waals surface area contributed by atoms with Crippen molar-refractivity contribution in [1.82, 2.24) is 15.8 Å². The summed E-state index contributed by atoms with van der Waals surface area (Å²) < 4.78 is 5.12. The van der Waals surface area contributed by atoms with Crippen molar-refractivity contribution in [2.24, 2.45) is 11.8 Å². The van der Waals surface area contributed by atoms with Crippen LogP contribution in [0.15, 0.2) is 4.52 Å². The number of carbonyl (C=O) groups excluding carboxylic acids is 1. The Labute approximate surface area is 119 Å². The first-order valence-electron chi connectivity index (χ1n) is 7.59. The summed E-state index contributed by atoms with van der Waals surface area (Å²) in [4.78, 5) is 11.9. The van der Waals surface area contributed by atoms with E-state index in [9.17, 15) is 4.79 Å². The Kier molecular flexibility index (Phi) is 3.68. The fraction of sp³-hybridized carbons (Fsp3) is 0.733. The summed E-state index contributed by atoms with van der Waals surface area (Å²) in [6, 6.07) is 0.363. The minimum atomic E-state index is -0.0330. The van der Waals surface area contributed by atoms with E-state index in [4.69, 9.17) is 4.52 Å². The van der Waals surface area contributed by atoms with Crippen molar-refractivity contribution < 1.29 is 9.32 Å². The highest BCUT2D eigenvalue weighted by Crippen LogP contribution is 2.44. The molecule has 1 aromatic heterocycles. The zero-order valence-corrected chi connectivity index (χ0v) is 12.2. The number of aryl methyl sites for hydroxylation is 2. The standard InChI is InChI=1S/C15H23N3O2/c1-9-13(10(2)20-18-9)5-6-16-15(19)17-14-8-11-3-4-12(14)7-11/h11-12,14H,3-8H2,1-2H3,(H2,16,17,19)/t11-,12-,14-/m0/s1. The van der Waals surface area contributed by atoms with E-state index in [1.807, 2.05) is 13.8 Å². The van der Waals surface area contributed by atoms with Gasteiger partial charge >= 0.3 is 6.03 Å². The molecule has 0 aromatic carbocycles. The Balaban J connectivity index is 1.41. The number of rotatable bonds is 4. The molecule has 5 heteroatoms. The number of hydrogen-bond donors (Lipinski definition) is 2. The number of carbonyl (C=O) groups is 1. The lowest BCUT2D eigenvalue weighted by Gasteiger charge is -2.23. The van der Waals surface area contributed by atoms with E-state index >= 15 is 0 Å². The molecule has 0 radical (unpaired) electrons. The van der Waals surface area contributed by atoms with E-state index in [1.165, 1.54) is 25.7 Å². The highest BCUT2D eigenvalue weighted by atomic mass is 16.5. The summed E-state index contributed by atoms with van der Waals surface area (Å²) in [6.07, 6.45) is 5.89. The van der Waals surface area contributed by atoms with Gasteiger partial charge in [0.1, 0.15) is 5.76 Å². The molecule has 1 aromatic rings. The van der Waals surface area contributed by atoms with Crippen LogP contribution in [0.3, 0.4) is 0 Å². The lowest BCUT2D eigenvalue weighted by molar-refractivity contribution is 0.231. The Morgan fingerprint density at radius 2 is 2.20 bits per heavy atom. The van der Waals surface area contributed by atoms with Gasteiger partial charge in [-0.25, -0.2) is 4.79 Å². The van der Waals surface area contributed by atoms with Crippen molar-refractivity contribution in [3.05, 3.63) is 17.0 Å². The van der Waals surface area contributed by atoms with E-state index in [0.717, 1.165) is 29.4 Å². The van der Waals surface area contributed by atoms with Gasteiger partial charge in [0.15, 0.2) is 0 Å². The van der Waals surface area contributed by atoms with Crippen molar-refractivity contribution in [3.63, 3.8) is 0 Å². The van der Waals surface area contributed by atoms with Gasteiger partial charge in [0.25, 0.3) is 0 Å². The summed E-state index contributed by atoms with van der Waals surface area (Å²) in [5, 5.41) is 9.99. The molecule has 0 aliphatic heterocycles. The van der Waals surface area contributed by atoms with Crippen LogP contribution in [0.5, 0.6) is 0 Å². The number of hydrogen-bond acceptors (Lipinski definition) is 3. The summed E-state index contributed by atoms with van der Waals surface area (Å²) in [5.41, 5.74) is 2.02. The van der Waals surface area contributed by atoms with Crippen molar-refractivity contribution in [2.45, 2.75) is 52.0 Å². The van der Waals surface area contributed by atoms with Gasteiger partial charge < -0.3 is 15.2 Å². The average molecular weight is 277 g/mol. The summed E-state index contributed by atoms with van der Waals surface area (Å²) in [7, 11) is 0. The summed E-state index contributed by atoms with van der Waals surface area (Å²) in [5.74, 6) is 2.42. The van der Waals surface area contributed by atoms with Crippen molar-refractivity contribution >= 4 is 6.03 Å². The van der Waals surface area contributed by atoms with E-state index in [0.29, 0.717) is 18.5 Å². The topological polar surface area (TPSA) is 67.2 Å². The largest absolute Gasteiger partial charge is 0.361 e. The highest BCUT2D eigenvalue weighted by Gasteiger charge is 2.40. The van der Waals surface area contributed by atoms with Crippen LogP contribution in [0.25, 0.3) is 0 Å². The SMILES string of the molecule is Cc1noc(C)c1CCNC(=O)N[C@H]1C[C@H]2CC[C@H]1C2. The number of nitrogens with one attached hydrogen (secondary N) is 2. The summed E-state index contributed by atoms with van der Waals surface area (Å²) >= 11 is 0. The van der Waals surface area contributed by atoms with Gasteiger partial charge in [-0.1, -0.05) is 11.6 Å². The Morgan fingerprint density at radius 1 is 1.35 bits per heavy atom. The zero-order chi connectivity index (χ0) is 14.1. The molecule has 0 unspecified atom stereocenters. The molecule has 2 aliphatic rings. The molecule has 2 aliphatic carbocycles. The van der Waals surface area contributed by atoms with Crippen LogP contribution >= 0.6 is 0 Å². The lowest BCUT2D eigenvalue weighted by atomic mass is 9.95. The molecule has 0 saturated heterocycles. The second-order valence-electron chi connectivity index (χ2n) is 6.23. The maximum atomic E-state index is 11.9. The third kappa shape index (κ3) is 2.67. The molecule has 20 heavy (non-hydrogen) atoms. The minimum absolute atomic E-state index is 0.0330. The van der Waals surface area contributed by atoms with Crippen molar-refractivity contribution in [2.75, 3.05) is 6.54 Å². The van der Waals surface area contributed by atoms with Crippen LogP contribution in [-0.4, -0.2) is 23.8 Å². The molecule has 3 rings (SSSR count). The maximum absolute atomic E-state index is 11.9. The third-order valence-corrected chi connectivity index (χ3v) is 4.90. The first-order chi connectivity index (χ1) is 9.63. The van der Waals surface area contributed by atoms with E-state index < -0.39 is 0 Å². The van der Waals surface area contributed by atoms with Gasteiger partial charge in [0.2, 0.25) is 0 Å². The number of aromatic nitrogens is 1. The molecule has 2 N–H and O–H groups in total. The third-order valence-electron chi connectivity index (χ3n) is 4.90. The molecular formula is C15H23N3O2. The quantitative estimate of drug-likeness (QED) is 0.887. The fourth-order valence-electron chi connectivity index (χ4n) is 3.80. The molecule has 5 nitrogen and oxygen atoms in total. The number of nitrogens with zero attached hydrogens (tertiary/aromatic N) is 1. The normalized spacial score (nSPS) is 27.8. The smallest absolute Gasteiger partial charge is 0.315 e. The molecule has 3 atom stereocenters. The first kappa shape index (κ1) is 13.5. The molecule has 110 valence electrons. The molecule has 2 bridgehead atoms. The minimum Gasteiger partial charge on any atom is -0.361 e. The monoisotopic (exact) mass is 277 g/mol. The Morgan fingerprint density at radius 3 is 2.80 bits per heavy atom. The molecular weight excluding hydrogens is 254 g/mol. The maximum Gasteiger partial charge on any atom is 0.315 e. The van der Waals surface area contributed by atoms with Crippen LogP contribution in [0, 0.1) is 25.7 Å². The van der Waals surface area contributed by atoms with Crippen LogP contribution < -0.4 is 10.6 Å². The van der Waals surface area contributed by atoms with Gasteiger partial charge in [-0.3, -0.25) is 0 Å². The van der Waals surface area contributed by atoms with E-state index in [2.05, 4.69) is 15.8 Å². The predicted octanol–water partition coefficient (Wildman–Crippen LogP) is 2.32. The Hall–Kier alpha value is -1.52. The summed E-state index contributed by atoms with van der Waals surface area (Å²) in [6.45, 7) is 4.46. The van der Waals surface area contributed by atoms with Crippen LogP contribution in [0.4, 0.5) is 4.79 Å². The molecule has 2 fully saturated rings. The van der Waals surface area contributed by atoms with Gasteiger partial charge in [-0.05, 0) is 51.4 Å². The van der Waals surface area contributed by atoms with E-state index in [-0.39, 0.29) is 6.03 Å². The number of urea groups is 1. The number of amides is 2. The average Bonchev–Trinajstić information content (AvgIpc) is 3.09. The van der Waals surface area contributed by atoms with Crippen LogP contribution in [0.1, 0.15) is 42.7 Å². The van der Waals surface area contributed by atoms with Crippen molar-refractivity contribution in [3.8, 4) is 0 Å². The molecule has 1 heterocycles. The second kappa shape index (κ2) is 5.46. The molecule has 0 spiro atoms. The van der Waals surface area contributed by atoms with Gasteiger partial charge in [0, 0.05) is 18.2 Å².